The van der Waals surface area contributed by atoms with Crippen LogP contribution in [-0.4, -0.2) is 34.2 Å². The molecule has 112 valence electrons. The summed E-state index contributed by atoms with van der Waals surface area (Å²) in [6, 6.07) is 0.0292. The number of aromatic nitrogens is 2. The molecule has 0 spiro atoms. The van der Waals surface area contributed by atoms with Crippen molar-refractivity contribution in [3.8, 4) is 0 Å². The monoisotopic (exact) mass is 280 g/mol. The lowest BCUT2D eigenvalue weighted by Crippen LogP contribution is -2.43. The summed E-state index contributed by atoms with van der Waals surface area (Å²) < 4.78 is 5.23. The fourth-order valence-electron chi connectivity index (χ4n) is 1.57. The van der Waals surface area contributed by atoms with Gasteiger partial charge in [-0.05, 0) is 27.2 Å². The third kappa shape index (κ3) is 7.04. The molecule has 0 aliphatic heterocycles. The first kappa shape index (κ1) is 16.4. The largest absolute Gasteiger partial charge is 0.444 e. The maximum Gasteiger partial charge on any atom is 0.407 e. The van der Waals surface area contributed by atoms with Crippen molar-refractivity contribution in [2.75, 3.05) is 6.54 Å². The molecule has 0 saturated heterocycles. The standard InChI is InChI=1S/C14H24N4O2/c1-5-11(18-13(19)20-14(2,3)4)8-16-10-12-9-15-6-7-17-12/h6-7,9,11,16H,5,8,10H2,1-4H3,(H,18,19). The minimum absolute atomic E-state index is 0.0292. The van der Waals surface area contributed by atoms with Crippen molar-refractivity contribution in [3.63, 3.8) is 0 Å². The van der Waals surface area contributed by atoms with Crippen molar-refractivity contribution >= 4 is 6.09 Å². The van der Waals surface area contributed by atoms with Gasteiger partial charge in [-0.25, -0.2) is 4.79 Å². The fraction of sp³-hybridized carbons (Fsp3) is 0.643. The first-order valence-electron chi connectivity index (χ1n) is 6.86. The van der Waals surface area contributed by atoms with Gasteiger partial charge in [-0.3, -0.25) is 9.97 Å². The summed E-state index contributed by atoms with van der Waals surface area (Å²) in [5.41, 5.74) is 0.398. The van der Waals surface area contributed by atoms with Crippen LogP contribution in [0.15, 0.2) is 18.6 Å². The fourth-order valence-corrected chi connectivity index (χ4v) is 1.57. The molecular weight excluding hydrogens is 256 g/mol. The highest BCUT2D eigenvalue weighted by Gasteiger charge is 2.18. The Hall–Kier alpha value is -1.69. The Balaban J connectivity index is 2.31. The van der Waals surface area contributed by atoms with Crippen LogP contribution in [0.5, 0.6) is 0 Å². The zero-order valence-corrected chi connectivity index (χ0v) is 12.6. The van der Waals surface area contributed by atoms with Crippen LogP contribution in [0.3, 0.4) is 0 Å². The number of rotatable bonds is 6. The van der Waals surface area contributed by atoms with Gasteiger partial charge in [-0.15, -0.1) is 0 Å². The normalized spacial score (nSPS) is 12.8. The van der Waals surface area contributed by atoms with Crippen LogP contribution in [0.1, 0.15) is 39.8 Å². The van der Waals surface area contributed by atoms with Crippen molar-refractivity contribution in [1.29, 1.82) is 0 Å². The molecule has 20 heavy (non-hydrogen) atoms. The second kappa shape index (κ2) is 7.79. The minimum Gasteiger partial charge on any atom is -0.444 e. The smallest absolute Gasteiger partial charge is 0.407 e. The highest BCUT2D eigenvalue weighted by molar-refractivity contribution is 5.68. The van der Waals surface area contributed by atoms with Gasteiger partial charge >= 0.3 is 6.09 Å². The number of nitrogens with zero attached hydrogens (tertiary/aromatic N) is 2. The quantitative estimate of drug-likeness (QED) is 0.832. The number of carbonyl (C=O) groups is 1. The van der Waals surface area contributed by atoms with Gasteiger partial charge in [-0.2, -0.15) is 0 Å². The van der Waals surface area contributed by atoms with E-state index in [1.54, 1.807) is 18.6 Å². The van der Waals surface area contributed by atoms with Gasteiger partial charge in [0.05, 0.1) is 5.69 Å². The molecule has 0 fully saturated rings. The first-order chi connectivity index (χ1) is 9.40. The highest BCUT2D eigenvalue weighted by atomic mass is 16.6. The molecule has 0 bridgehead atoms. The van der Waals surface area contributed by atoms with E-state index < -0.39 is 5.60 Å². The summed E-state index contributed by atoms with van der Waals surface area (Å²) in [6.07, 6.45) is 5.46. The first-order valence-corrected chi connectivity index (χ1v) is 6.86. The molecule has 0 radical (unpaired) electrons. The van der Waals surface area contributed by atoms with Crippen LogP contribution in [-0.2, 0) is 11.3 Å². The van der Waals surface area contributed by atoms with Crippen LogP contribution >= 0.6 is 0 Å². The summed E-state index contributed by atoms with van der Waals surface area (Å²) in [7, 11) is 0. The van der Waals surface area contributed by atoms with Gasteiger partial charge in [0.25, 0.3) is 0 Å². The van der Waals surface area contributed by atoms with Crippen LogP contribution in [0.2, 0.25) is 0 Å². The van der Waals surface area contributed by atoms with E-state index in [0.29, 0.717) is 13.1 Å². The third-order valence-electron chi connectivity index (χ3n) is 2.53. The van der Waals surface area contributed by atoms with E-state index in [1.807, 2.05) is 27.7 Å². The van der Waals surface area contributed by atoms with Crippen molar-refractivity contribution in [1.82, 2.24) is 20.6 Å². The Labute approximate surface area is 120 Å². The van der Waals surface area contributed by atoms with Crippen molar-refractivity contribution in [2.24, 2.45) is 0 Å². The Bertz CT molecular complexity index is 403. The molecule has 0 aliphatic carbocycles. The number of ether oxygens (including phenoxy) is 1. The van der Waals surface area contributed by atoms with Crippen molar-refractivity contribution in [2.45, 2.75) is 52.3 Å². The van der Waals surface area contributed by atoms with E-state index in [2.05, 4.69) is 20.6 Å². The number of hydrogen-bond donors (Lipinski definition) is 2. The molecule has 1 heterocycles. The molecule has 1 aromatic rings. The summed E-state index contributed by atoms with van der Waals surface area (Å²) in [4.78, 5) is 19.9. The average molecular weight is 280 g/mol. The van der Waals surface area contributed by atoms with Gasteiger partial charge in [0.15, 0.2) is 0 Å². The lowest BCUT2D eigenvalue weighted by atomic mass is 10.2. The molecule has 1 amide bonds. The van der Waals surface area contributed by atoms with Gasteiger partial charge in [0, 0.05) is 37.7 Å². The lowest BCUT2D eigenvalue weighted by molar-refractivity contribution is 0.0502. The van der Waals surface area contributed by atoms with E-state index >= 15 is 0 Å². The molecule has 0 saturated carbocycles. The second-order valence-corrected chi connectivity index (χ2v) is 5.58. The zero-order chi connectivity index (χ0) is 15.0. The third-order valence-corrected chi connectivity index (χ3v) is 2.53. The number of alkyl carbamates (subject to hydrolysis) is 1. The number of amides is 1. The van der Waals surface area contributed by atoms with Crippen LogP contribution in [0.25, 0.3) is 0 Å². The van der Waals surface area contributed by atoms with Gasteiger partial charge in [0.1, 0.15) is 5.60 Å². The number of carbonyl (C=O) groups excluding carboxylic acids is 1. The molecule has 6 heteroatoms. The SMILES string of the molecule is CCC(CNCc1cnccn1)NC(=O)OC(C)(C)C. The topological polar surface area (TPSA) is 76.1 Å². The van der Waals surface area contributed by atoms with Crippen molar-refractivity contribution in [3.05, 3.63) is 24.3 Å². The summed E-state index contributed by atoms with van der Waals surface area (Å²) in [5, 5.41) is 6.10. The summed E-state index contributed by atoms with van der Waals surface area (Å²) in [5.74, 6) is 0. The molecule has 1 atom stereocenters. The number of hydrogen-bond acceptors (Lipinski definition) is 5. The predicted molar refractivity (Wildman–Crippen MR) is 77.2 cm³/mol. The van der Waals surface area contributed by atoms with E-state index in [0.717, 1.165) is 12.1 Å². The van der Waals surface area contributed by atoms with E-state index in [-0.39, 0.29) is 12.1 Å². The maximum absolute atomic E-state index is 11.7. The van der Waals surface area contributed by atoms with Crippen LogP contribution in [0.4, 0.5) is 4.79 Å². The average Bonchev–Trinajstić information content (AvgIpc) is 2.36. The van der Waals surface area contributed by atoms with Gasteiger partial charge in [0.2, 0.25) is 0 Å². The number of nitrogens with one attached hydrogen (secondary N) is 2. The van der Waals surface area contributed by atoms with E-state index in [4.69, 9.17) is 4.74 Å². The highest BCUT2D eigenvalue weighted by Crippen LogP contribution is 2.07. The molecule has 0 aromatic carbocycles. The Morgan fingerprint density at radius 2 is 2.15 bits per heavy atom. The second-order valence-electron chi connectivity index (χ2n) is 5.58. The molecule has 6 nitrogen and oxygen atoms in total. The minimum atomic E-state index is -0.477. The molecule has 1 rings (SSSR count). The molecule has 1 unspecified atom stereocenters. The predicted octanol–water partition coefficient (Wildman–Crippen LogP) is 1.87. The molecule has 2 N–H and O–H groups in total. The summed E-state index contributed by atoms with van der Waals surface area (Å²) in [6.45, 7) is 8.85. The van der Waals surface area contributed by atoms with Crippen LogP contribution in [0, 0.1) is 0 Å². The lowest BCUT2D eigenvalue weighted by Gasteiger charge is -2.23. The summed E-state index contributed by atoms with van der Waals surface area (Å²) >= 11 is 0. The van der Waals surface area contributed by atoms with E-state index in [1.165, 1.54) is 0 Å². The Morgan fingerprint density at radius 3 is 2.70 bits per heavy atom. The Morgan fingerprint density at radius 1 is 1.40 bits per heavy atom. The molecule has 1 aromatic heterocycles. The molecular formula is C14H24N4O2. The van der Waals surface area contributed by atoms with Gasteiger partial charge < -0.3 is 15.4 Å². The maximum atomic E-state index is 11.7. The zero-order valence-electron chi connectivity index (χ0n) is 12.6. The Kier molecular flexibility index (Phi) is 6.38. The van der Waals surface area contributed by atoms with Crippen molar-refractivity contribution < 1.29 is 9.53 Å². The van der Waals surface area contributed by atoms with Gasteiger partial charge in [-0.1, -0.05) is 6.92 Å². The molecule has 0 aliphatic rings. The van der Waals surface area contributed by atoms with E-state index in [9.17, 15) is 4.79 Å². The van der Waals surface area contributed by atoms with Crippen LogP contribution < -0.4 is 10.6 Å².